The molecule has 3 rings (SSSR count). The molecule has 0 spiro atoms. The van der Waals surface area contributed by atoms with Gasteiger partial charge in [-0.15, -0.1) is 0 Å². The summed E-state index contributed by atoms with van der Waals surface area (Å²) < 4.78 is 38.3. The molecule has 172 valence electrons. The summed E-state index contributed by atoms with van der Waals surface area (Å²) in [6, 6.07) is 8.55. The van der Waals surface area contributed by atoms with Gasteiger partial charge in [0.05, 0.1) is 14.2 Å². The SMILES string of the molecule is COc1cccc(F)c1C(=O)NCC1CCC(CNC(=O)c2c(F)cccc2OC)CC1. The van der Waals surface area contributed by atoms with E-state index in [0.29, 0.717) is 13.1 Å². The molecule has 0 atom stereocenters. The lowest BCUT2D eigenvalue weighted by molar-refractivity contribution is 0.0915. The first kappa shape index (κ1) is 23.5. The number of amides is 2. The fourth-order valence-electron chi connectivity index (χ4n) is 4.08. The maximum absolute atomic E-state index is 14.0. The molecule has 6 nitrogen and oxygen atoms in total. The van der Waals surface area contributed by atoms with Crippen molar-refractivity contribution in [3.8, 4) is 11.5 Å². The van der Waals surface area contributed by atoms with Crippen molar-refractivity contribution in [3.05, 3.63) is 59.2 Å². The third-order valence-electron chi connectivity index (χ3n) is 5.91. The van der Waals surface area contributed by atoms with Gasteiger partial charge in [0.15, 0.2) is 0 Å². The highest BCUT2D eigenvalue weighted by molar-refractivity contribution is 5.97. The lowest BCUT2D eigenvalue weighted by Gasteiger charge is -2.29. The molecule has 0 bridgehead atoms. The Balaban J connectivity index is 1.45. The quantitative estimate of drug-likeness (QED) is 0.644. The monoisotopic (exact) mass is 446 g/mol. The summed E-state index contributed by atoms with van der Waals surface area (Å²) in [5, 5.41) is 5.61. The Morgan fingerprint density at radius 1 is 0.781 bits per heavy atom. The van der Waals surface area contributed by atoms with E-state index in [2.05, 4.69) is 10.6 Å². The van der Waals surface area contributed by atoms with Gasteiger partial charge in [-0.05, 0) is 61.8 Å². The first-order chi connectivity index (χ1) is 15.4. The third-order valence-corrected chi connectivity index (χ3v) is 5.91. The van der Waals surface area contributed by atoms with Crippen LogP contribution < -0.4 is 20.1 Å². The predicted molar refractivity (Wildman–Crippen MR) is 116 cm³/mol. The summed E-state index contributed by atoms with van der Waals surface area (Å²) >= 11 is 0. The molecule has 2 N–H and O–H groups in total. The predicted octanol–water partition coefficient (Wildman–Crippen LogP) is 3.95. The van der Waals surface area contributed by atoms with E-state index in [0.717, 1.165) is 25.7 Å². The van der Waals surface area contributed by atoms with Gasteiger partial charge in [-0.1, -0.05) is 12.1 Å². The zero-order chi connectivity index (χ0) is 23.1. The average molecular weight is 446 g/mol. The van der Waals surface area contributed by atoms with Crippen molar-refractivity contribution in [2.75, 3.05) is 27.3 Å². The maximum Gasteiger partial charge on any atom is 0.258 e. The largest absolute Gasteiger partial charge is 0.496 e. The molecule has 32 heavy (non-hydrogen) atoms. The van der Waals surface area contributed by atoms with Crippen LogP contribution >= 0.6 is 0 Å². The van der Waals surface area contributed by atoms with Gasteiger partial charge in [-0.2, -0.15) is 0 Å². The van der Waals surface area contributed by atoms with Crippen molar-refractivity contribution in [2.45, 2.75) is 25.7 Å². The van der Waals surface area contributed by atoms with E-state index >= 15 is 0 Å². The Kier molecular flexibility index (Phi) is 8.03. The molecule has 1 aliphatic carbocycles. The van der Waals surface area contributed by atoms with E-state index in [1.807, 2.05) is 0 Å². The highest BCUT2D eigenvalue weighted by Crippen LogP contribution is 2.29. The van der Waals surface area contributed by atoms with Gasteiger partial charge in [0.2, 0.25) is 0 Å². The zero-order valence-electron chi connectivity index (χ0n) is 18.3. The number of halogens is 2. The molecule has 0 heterocycles. The Bertz CT molecular complexity index is 882. The number of nitrogens with one attached hydrogen (secondary N) is 2. The minimum Gasteiger partial charge on any atom is -0.496 e. The maximum atomic E-state index is 14.0. The number of ether oxygens (including phenoxy) is 2. The second-order valence-electron chi connectivity index (χ2n) is 7.94. The molecular weight excluding hydrogens is 418 g/mol. The van der Waals surface area contributed by atoms with Crippen LogP contribution in [0.1, 0.15) is 46.4 Å². The number of hydrogen-bond donors (Lipinski definition) is 2. The van der Waals surface area contributed by atoms with Gasteiger partial charge in [0.1, 0.15) is 34.3 Å². The third kappa shape index (κ3) is 5.55. The van der Waals surface area contributed by atoms with E-state index in [1.54, 1.807) is 12.1 Å². The number of benzene rings is 2. The Morgan fingerprint density at radius 3 is 1.50 bits per heavy atom. The van der Waals surface area contributed by atoms with Crippen LogP contribution in [0.25, 0.3) is 0 Å². The van der Waals surface area contributed by atoms with Gasteiger partial charge >= 0.3 is 0 Å². The van der Waals surface area contributed by atoms with Gasteiger partial charge in [-0.3, -0.25) is 9.59 Å². The number of carbonyl (C=O) groups excluding carboxylic acids is 2. The molecule has 0 aliphatic heterocycles. The molecule has 1 saturated carbocycles. The van der Waals surface area contributed by atoms with Crippen molar-refractivity contribution in [2.24, 2.45) is 11.8 Å². The van der Waals surface area contributed by atoms with Gasteiger partial charge in [0.25, 0.3) is 11.8 Å². The lowest BCUT2D eigenvalue weighted by atomic mass is 9.82. The Labute approximate surface area is 186 Å². The molecule has 2 aromatic carbocycles. The zero-order valence-corrected chi connectivity index (χ0v) is 18.3. The van der Waals surface area contributed by atoms with Crippen LogP contribution in [0, 0.1) is 23.5 Å². The fourth-order valence-corrected chi connectivity index (χ4v) is 4.08. The molecule has 0 saturated heterocycles. The van der Waals surface area contributed by atoms with Crippen LogP contribution in [-0.4, -0.2) is 39.1 Å². The van der Waals surface area contributed by atoms with E-state index in [1.165, 1.54) is 38.5 Å². The van der Waals surface area contributed by atoms with Crippen LogP contribution in [-0.2, 0) is 0 Å². The highest BCUT2D eigenvalue weighted by atomic mass is 19.1. The topological polar surface area (TPSA) is 76.7 Å². The number of carbonyl (C=O) groups is 2. The summed E-state index contributed by atoms with van der Waals surface area (Å²) in [5.41, 5.74) is -0.176. The van der Waals surface area contributed by atoms with Crippen molar-refractivity contribution in [1.29, 1.82) is 0 Å². The Hall–Kier alpha value is -3.16. The minimum absolute atomic E-state index is 0.0880. The van der Waals surface area contributed by atoms with E-state index < -0.39 is 23.4 Å². The van der Waals surface area contributed by atoms with E-state index in [4.69, 9.17) is 9.47 Å². The summed E-state index contributed by atoms with van der Waals surface area (Å²) in [6.45, 7) is 0.893. The molecular formula is C24H28F2N2O4. The van der Waals surface area contributed by atoms with Crippen molar-refractivity contribution < 1.29 is 27.8 Å². The van der Waals surface area contributed by atoms with Crippen molar-refractivity contribution >= 4 is 11.8 Å². The fraction of sp³-hybridized carbons (Fsp3) is 0.417. The summed E-state index contributed by atoms with van der Waals surface area (Å²) in [4.78, 5) is 24.8. The smallest absolute Gasteiger partial charge is 0.258 e. The molecule has 0 aromatic heterocycles. The summed E-state index contributed by atoms with van der Waals surface area (Å²) in [7, 11) is 2.79. The van der Waals surface area contributed by atoms with Gasteiger partial charge in [0, 0.05) is 13.1 Å². The first-order valence-electron chi connectivity index (χ1n) is 10.7. The van der Waals surface area contributed by atoms with Gasteiger partial charge < -0.3 is 20.1 Å². The van der Waals surface area contributed by atoms with Crippen LogP contribution in [0.2, 0.25) is 0 Å². The molecule has 0 radical (unpaired) electrons. The number of rotatable bonds is 8. The number of hydrogen-bond acceptors (Lipinski definition) is 4. The van der Waals surface area contributed by atoms with Crippen LogP contribution in [0.4, 0.5) is 8.78 Å². The van der Waals surface area contributed by atoms with E-state index in [9.17, 15) is 18.4 Å². The molecule has 8 heteroatoms. The molecule has 2 amide bonds. The van der Waals surface area contributed by atoms with Crippen molar-refractivity contribution in [1.82, 2.24) is 10.6 Å². The van der Waals surface area contributed by atoms with Crippen LogP contribution in [0.5, 0.6) is 11.5 Å². The first-order valence-corrected chi connectivity index (χ1v) is 10.7. The van der Waals surface area contributed by atoms with Crippen LogP contribution in [0.15, 0.2) is 36.4 Å². The Morgan fingerprint density at radius 2 is 1.16 bits per heavy atom. The minimum atomic E-state index is -0.618. The molecule has 1 aliphatic rings. The summed E-state index contributed by atoms with van der Waals surface area (Å²) in [6.07, 6.45) is 3.49. The van der Waals surface area contributed by atoms with Crippen molar-refractivity contribution in [3.63, 3.8) is 0 Å². The standard InChI is InChI=1S/C24H28F2N2O4/c1-31-19-7-3-5-17(25)21(19)23(29)27-13-15-9-11-16(12-10-15)14-28-24(30)22-18(26)6-4-8-20(22)32-2/h3-8,15-16H,9-14H2,1-2H3,(H,27,29)(H,28,30). The highest BCUT2D eigenvalue weighted by Gasteiger charge is 2.25. The molecule has 1 fully saturated rings. The molecule has 0 unspecified atom stereocenters. The number of methoxy groups -OCH3 is 2. The second-order valence-corrected chi connectivity index (χ2v) is 7.94. The summed E-state index contributed by atoms with van der Waals surface area (Å²) in [5.74, 6) is -1.27. The lowest BCUT2D eigenvalue weighted by Crippen LogP contribution is -2.35. The van der Waals surface area contributed by atoms with E-state index in [-0.39, 0.29) is 34.5 Å². The van der Waals surface area contributed by atoms with Gasteiger partial charge in [-0.25, -0.2) is 8.78 Å². The normalized spacial score (nSPS) is 18.0. The second kappa shape index (κ2) is 10.9. The van der Waals surface area contributed by atoms with Crippen LogP contribution in [0.3, 0.4) is 0 Å². The average Bonchev–Trinajstić information content (AvgIpc) is 2.81. The molecule has 2 aromatic rings.